The van der Waals surface area contributed by atoms with Gasteiger partial charge in [0.25, 0.3) is 0 Å². The van der Waals surface area contributed by atoms with E-state index in [1.54, 1.807) is 13.2 Å². The predicted molar refractivity (Wildman–Crippen MR) is 201 cm³/mol. The van der Waals surface area contributed by atoms with E-state index in [1.807, 2.05) is 6.08 Å². The Morgan fingerprint density at radius 1 is 1.02 bits per heavy atom. The molecule has 2 aromatic rings. The molecule has 2 heterocycles. The van der Waals surface area contributed by atoms with Crippen LogP contribution in [0.25, 0.3) is 0 Å². The lowest BCUT2D eigenvalue weighted by Gasteiger charge is -2.60. The van der Waals surface area contributed by atoms with Gasteiger partial charge in [0.1, 0.15) is 11.9 Å². The Kier molecular flexibility index (Phi) is 11.4. The number of phenolic OH excluding ortho intramolecular Hbond substituents is 1. The molecule has 1 amide bonds. The summed E-state index contributed by atoms with van der Waals surface area (Å²) in [5.74, 6) is 3.15. The summed E-state index contributed by atoms with van der Waals surface area (Å²) < 4.78 is 13.0. The van der Waals surface area contributed by atoms with Crippen molar-refractivity contribution in [3.05, 3.63) is 65.7 Å². The zero-order valence-electron chi connectivity index (χ0n) is 30.8. The van der Waals surface area contributed by atoms with Crippen molar-refractivity contribution < 1.29 is 19.4 Å². The maximum Gasteiger partial charge on any atom is 0.222 e. The number of carbonyl (C=O) groups excluding carboxylic acids is 1. The van der Waals surface area contributed by atoms with E-state index < -0.39 is 0 Å². The third-order valence-corrected chi connectivity index (χ3v) is 13.4. The molecule has 6 nitrogen and oxygen atoms in total. The third-order valence-electron chi connectivity index (χ3n) is 13.4. The molecule has 5 aliphatic rings. The molecule has 1 spiro atoms. The molecule has 3 fully saturated rings. The number of ether oxygens (including phenoxy) is 2. The van der Waals surface area contributed by atoms with Crippen LogP contribution >= 0.6 is 0 Å². The molecule has 7 rings (SSSR count). The first-order valence-corrected chi connectivity index (χ1v) is 20.3. The van der Waals surface area contributed by atoms with Gasteiger partial charge in [0, 0.05) is 48.2 Å². The molecular formula is C44H62N2O4. The Labute approximate surface area is 301 Å². The molecule has 2 aliphatic heterocycles. The first-order chi connectivity index (χ1) is 24.5. The Morgan fingerprint density at radius 3 is 2.50 bits per heavy atom. The maximum atomic E-state index is 14.4. The fourth-order valence-corrected chi connectivity index (χ4v) is 11.0. The fourth-order valence-electron chi connectivity index (χ4n) is 11.0. The molecule has 50 heavy (non-hydrogen) atoms. The third kappa shape index (κ3) is 6.95. The van der Waals surface area contributed by atoms with Crippen molar-refractivity contribution in [1.29, 1.82) is 0 Å². The van der Waals surface area contributed by atoms with E-state index >= 15 is 0 Å². The lowest BCUT2D eigenvalue weighted by molar-refractivity contribution is -0.144. The Balaban J connectivity index is 1.02. The van der Waals surface area contributed by atoms with Crippen LogP contribution in [-0.4, -0.2) is 65.7 Å². The SMILES string of the molecule is C=CCN1CC[C@]23c4c5c(O)cc(OC)c4O[C@H]2[C@H](N(CC2CCCCC2)C(=O)CCCCCCCCCCc2ccccc2)CC[C@H]3[C@H]1C5. The summed E-state index contributed by atoms with van der Waals surface area (Å²) in [5.41, 5.74) is 3.49. The molecule has 0 unspecified atom stereocenters. The highest BCUT2D eigenvalue weighted by molar-refractivity contribution is 5.77. The number of hydrogen-bond donors (Lipinski definition) is 1. The van der Waals surface area contributed by atoms with E-state index in [2.05, 4.69) is 46.7 Å². The van der Waals surface area contributed by atoms with Gasteiger partial charge in [0.2, 0.25) is 5.91 Å². The van der Waals surface area contributed by atoms with E-state index in [9.17, 15) is 9.90 Å². The molecule has 2 aromatic carbocycles. The van der Waals surface area contributed by atoms with Crippen molar-refractivity contribution in [3.63, 3.8) is 0 Å². The van der Waals surface area contributed by atoms with Gasteiger partial charge in [0.15, 0.2) is 11.5 Å². The quantitative estimate of drug-likeness (QED) is 0.133. The smallest absolute Gasteiger partial charge is 0.222 e. The fraction of sp³-hybridized carbons (Fsp3) is 0.659. The molecular weight excluding hydrogens is 620 g/mol. The highest BCUT2D eigenvalue weighted by atomic mass is 16.5. The standard InChI is InChI=1S/C44H62N2O4/c1-3-27-45-28-26-44-35-24-25-36(43(44)50-42-39(49-2)30-38(47)34(41(42)44)29-37(35)45)46(31-33-21-15-11-16-22-33)40(48)23-17-9-7-5-4-6-8-12-18-32-19-13-10-14-20-32/h3,10,13-14,19-20,30,33,35-37,43,47H,1,4-9,11-12,15-18,21-29,31H2,2H3/t35-,36+,37+,43-,44-/m0/s1. The monoisotopic (exact) mass is 682 g/mol. The van der Waals surface area contributed by atoms with Crippen LogP contribution < -0.4 is 9.47 Å². The maximum absolute atomic E-state index is 14.4. The lowest BCUT2D eigenvalue weighted by Crippen LogP contribution is -2.69. The van der Waals surface area contributed by atoms with Gasteiger partial charge >= 0.3 is 0 Å². The normalized spacial score (nSPS) is 27.0. The Hall–Kier alpha value is -2.99. The summed E-state index contributed by atoms with van der Waals surface area (Å²) in [7, 11) is 1.68. The van der Waals surface area contributed by atoms with E-state index in [0.717, 1.165) is 69.5 Å². The number of phenols is 1. The molecule has 5 atom stereocenters. The van der Waals surface area contributed by atoms with Crippen molar-refractivity contribution in [3.8, 4) is 17.2 Å². The van der Waals surface area contributed by atoms with Crippen LogP contribution in [0.15, 0.2) is 49.1 Å². The number of piperidine rings is 1. The topological polar surface area (TPSA) is 62.2 Å². The van der Waals surface area contributed by atoms with Crippen molar-refractivity contribution in [1.82, 2.24) is 9.80 Å². The van der Waals surface area contributed by atoms with Crippen LogP contribution in [0.5, 0.6) is 17.2 Å². The number of unbranched alkanes of at least 4 members (excludes halogenated alkanes) is 7. The number of carbonyl (C=O) groups is 1. The largest absolute Gasteiger partial charge is 0.508 e. The number of likely N-dealkylation sites (tertiary alicyclic amines) is 1. The number of methoxy groups -OCH3 is 1. The number of aromatic hydroxyl groups is 1. The van der Waals surface area contributed by atoms with Crippen molar-refractivity contribution >= 4 is 5.91 Å². The number of aryl methyl sites for hydroxylation is 1. The van der Waals surface area contributed by atoms with E-state index in [0.29, 0.717) is 41.7 Å². The van der Waals surface area contributed by atoms with Gasteiger partial charge in [0.05, 0.1) is 13.2 Å². The minimum atomic E-state index is -0.202. The van der Waals surface area contributed by atoms with Gasteiger partial charge < -0.3 is 19.5 Å². The van der Waals surface area contributed by atoms with Crippen LogP contribution in [0.2, 0.25) is 0 Å². The van der Waals surface area contributed by atoms with Crippen LogP contribution in [-0.2, 0) is 23.1 Å². The van der Waals surface area contributed by atoms with Crippen molar-refractivity contribution in [2.45, 2.75) is 146 Å². The van der Waals surface area contributed by atoms with Gasteiger partial charge in [-0.3, -0.25) is 9.69 Å². The first-order valence-electron chi connectivity index (χ1n) is 20.3. The van der Waals surface area contributed by atoms with Crippen LogP contribution in [0.3, 0.4) is 0 Å². The summed E-state index contributed by atoms with van der Waals surface area (Å²) in [6.45, 7) is 6.79. The molecule has 2 saturated carbocycles. The number of rotatable bonds is 17. The van der Waals surface area contributed by atoms with Crippen molar-refractivity contribution in [2.24, 2.45) is 11.8 Å². The zero-order chi connectivity index (χ0) is 34.5. The minimum Gasteiger partial charge on any atom is -0.508 e. The highest BCUT2D eigenvalue weighted by Gasteiger charge is 2.67. The molecule has 1 saturated heterocycles. The van der Waals surface area contributed by atoms with Gasteiger partial charge in [-0.05, 0) is 81.7 Å². The summed E-state index contributed by atoms with van der Waals surface area (Å²) >= 11 is 0. The number of nitrogens with zero attached hydrogens (tertiary/aromatic N) is 2. The summed E-state index contributed by atoms with van der Waals surface area (Å²) in [4.78, 5) is 19.3. The molecule has 272 valence electrons. The average molecular weight is 683 g/mol. The van der Waals surface area contributed by atoms with E-state index in [4.69, 9.17) is 9.47 Å². The second-order valence-corrected chi connectivity index (χ2v) is 16.3. The van der Waals surface area contributed by atoms with Crippen molar-refractivity contribution in [2.75, 3.05) is 26.7 Å². The van der Waals surface area contributed by atoms with Crippen LogP contribution in [0.4, 0.5) is 0 Å². The van der Waals surface area contributed by atoms with E-state index in [-0.39, 0.29) is 17.6 Å². The van der Waals surface area contributed by atoms with E-state index in [1.165, 1.54) is 88.2 Å². The molecule has 0 radical (unpaired) electrons. The molecule has 6 heteroatoms. The Bertz CT molecular complexity index is 1450. The number of hydrogen-bond acceptors (Lipinski definition) is 5. The minimum absolute atomic E-state index is 0.0494. The average Bonchev–Trinajstić information content (AvgIpc) is 3.48. The number of amides is 1. The van der Waals surface area contributed by atoms with Crippen LogP contribution in [0.1, 0.15) is 126 Å². The summed E-state index contributed by atoms with van der Waals surface area (Å²) in [6, 6.07) is 13.0. The van der Waals surface area contributed by atoms with Gasteiger partial charge in [-0.15, -0.1) is 6.58 Å². The second-order valence-electron chi connectivity index (χ2n) is 16.3. The molecule has 2 bridgehead atoms. The predicted octanol–water partition coefficient (Wildman–Crippen LogP) is 9.16. The first kappa shape index (κ1) is 35.4. The van der Waals surface area contributed by atoms with Gasteiger partial charge in [-0.2, -0.15) is 0 Å². The number of benzene rings is 2. The van der Waals surface area contributed by atoms with Gasteiger partial charge in [-0.25, -0.2) is 0 Å². The molecule has 0 aromatic heterocycles. The highest BCUT2D eigenvalue weighted by Crippen LogP contribution is 2.65. The van der Waals surface area contributed by atoms with Gasteiger partial charge in [-0.1, -0.05) is 94.2 Å². The summed E-state index contributed by atoms with van der Waals surface area (Å²) in [6.07, 6.45) is 23.8. The second kappa shape index (κ2) is 16.1. The summed E-state index contributed by atoms with van der Waals surface area (Å²) in [5, 5.41) is 11.4. The molecule has 1 N–H and O–H groups in total. The molecule has 3 aliphatic carbocycles. The van der Waals surface area contributed by atoms with Crippen LogP contribution in [0, 0.1) is 11.8 Å². The zero-order valence-corrected chi connectivity index (χ0v) is 30.8. The lowest BCUT2D eigenvalue weighted by atomic mass is 9.50. The Morgan fingerprint density at radius 2 is 1.76 bits per heavy atom.